The van der Waals surface area contributed by atoms with Crippen LogP contribution in [0.2, 0.25) is 0 Å². The molecular weight excluding hydrogens is 340 g/mol. The number of hydrogen-bond donors (Lipinski definition) is 0. The van der Waals surface area contributed by atoms with Crippen molar-refractivity contribution in [2.45, 2.75) is 44.9 Å². The normalized spacial score (nSPS) is 21.4. The first kappa shape index (κ1) is 18.0. The zero-order valence-electron chi connectivity index (χ0n) is 16.4. The number of methoxy groups -OCH3 is 1. The molecule has 0 aliphatic carbocycles. The van der Waals surface area contributed by atoms with Crippen LogP contribution in [-0.4, -0.2) is 59.0 Å². The lowest BCUT2D eigenvalue weighted by Gasteiger charge is -2.61. The van der Waals surface area contributed by atoms with E-state index in [1.807, 2.05) is 17.9 Å². The van der Waals surface area contributed by atoms with E-state index in [0.717, 1.165) is 32.5 Å². The van der Waals surface area contributed by atoms with Crippen LogP contribution < -0.4 is 4.90 Å². The van der Waals surface area contributed by atoms with Gasteiger partial charge in [0.05, 0.1) is 11.6 Å². The Hall–Kier alpha value is -2.34. The van der Waals surface area contributed by atoms with Crippen molar-refractivity contribution in [3.05, 3.63) is 47.8 Å². The molecule has 0 N–H and O–H groups in total. The van der Waals surface area contributed by atoms with Gasteiger partial charge >= 0.3 is 0 Å². The molecule has 6 heteroatoms. The Balaban J connectivity index is 1.50. The summed E-state index contributed by atoms with van der Waals surface area (Å²) in [6, 6.07) is 10.5. The minimum atomic E-state index is -0.00815. The van der Waals surface area contributed by atoms with Crippen LogP contribution in [0.3, 0.4) is 0 Å². The molecule has 2 aliphatic rings. The van der Waals surface area contributed by atoms with Crippen molar-refractivity contribution in [2.24, 2.45) is 0 Å². The average molecular weight is 368 g/mol. The quantitative estimate of drug-likeness (QED) is 0.833. The lowest BCUT2D eigenvalue weighted by Crippen LogP contribution is -2.74. The Morgan fingerprint density at radius 1 is 1.22 bits per heavy atom. The summed E-state index contributed by atoms with van der Waals surface area (Å²) in [7, 11) is 1.80. The molecule has 2 aromatic rings. The van der Waals surface area contributed by atoms with Crippen molar-refractivity contribution in [3.63, 3.8) is 0 Å². The number of amides is 1. The minimum Gasteiger partial charge on any atom is -0.377 e. The molecule has 6 nitrogen and oxygen atoms in total. The predicted octanol–water partition coefficient (Wildman–Crippen LogP) is 2.72. The monoisotopic (exact) mass is 368 g/mol. The van der Waals surface area contributed by atoms with Gasteiger partial charge in [-0.1, -0.05) is 17.7 Å². The van der Waals surface area contributed by atoms with Crippen LogP contribution in [-0.2, 0) is 11.3 Å². The van der Waals surface area contributed by atoms with Gasteiger partial charge in [-0.25, -0.2) is 0 Å². The summed E-state index contributed by atoms with van der Waals surface area (Å²) < 4.78 is 7.57. The van der Waals surface area contributed by atoms with Crippen LogP contribution in [0.15, 0.2) is 36.5 Å². The number of piperidine rings is 1. The third-order valence-electron chi connectivity index (χ3n) is 6.27. The van der Waals surface area contributed by atoms with Crippen LogP contribution in [0.4, 0.5) is 5.69 Å². The van der Waals surface area contributed by atoms with E-state index in [1.165, 1.54) is 11.3 Å². The van der Waals surface area contributed by atoms with Gasteiger partial charge in [0.2, 0.25) is 0 Å². The number of carbonyl (C=O) groups excluding carboxylic acids is 1. The number of nitrogens with zero attached hydrogens (tertiary/aromatic N) is 4. The van der Waals surface area contributed by atoms with Crippen LogP contribution >= 0.6 is 0 Å². The second-order valence-electron chi connectivity index (χ2n) is 7.60. The largest absolute Gasteiger partial charge is 0.377 e. The van der Waals surface area contributed by atoms with Gasteiger partial charge in [0.1, 0.15) is 5.69 Å². The number of benzene rings is 1. The number of ether oxygens (including phenoxy) is 1. The van der Waals surface area contributed by atoms with Gasteiger partial charge in [-0.15, -0.1) is 0 Å². The molecule has 0 bridgehead atoms. The maximum absolute atomic E-state index is 12.9. The second kappa shape index (κ2) is 7.00. The first-order valence-electron chi connectivity index (χ1n) is 9.77. The fourth-order valence-electron chi connectivity index (χ4n) is 4.58. The highest BCUT2D eigenvalue weighted by atomic mass is 16.5. The fourth-order valence-corrected chi connectivity index (χ4v) is 4.58. The van der Waals surface area contributed by atoms with E-state index in [0.29, 0.717) is 12.2 Å². The molecule has 1 atom stereocenters. The summed E-state index contributed by atoms with van der Waals surface area (Å²) in [5.41, 5.74) is 3.19. The average Bonchev–Trinajstić information content (AvgIpc) is 3.17. The summed E-state index contributed by atoms with van der Waals surface area (Å²) in [5, 5.41) is 4.23. The van der Waals surface area contributed by atoms with Gasteiger partial charge in [0, 0.05) is 45.2 Å². The maximum Gasteiger partial charge on any atom is 0.272 e. The van der Waals surface area contributed by atoms with Crippen molar-refractivity contribution in [2.75, 3.05) is 31.6 Å². The number of anilines is 1. The summed E-state index contributed by atoms with van der Waals surface area (Å²) in [5.74, 6) is 0.0828. The zero-order chi connectivity index (χ0) is 19.0. The lowest BCUT2D eigenvalue weighted by molar-refractivity contribution is -0.0434. The van der Waals surface area contributed by atoms with Gasteiger partial charge < -0.3 is 14.5 Å². The van der Waals surface area contributed by atoms with E-state index in [-0.39, 0.29) is 17.6 Å². The number of carbonyl (C=O) groups is 1. The Morgan fingerprint density at radius 2 is 1.93 bits per heavy atom. The molecule has 4 rings (SSSR count). The molecule has 2 fully saturated rings. The molecule has 0 saturated carbocycles. The molecule has 1 aromatic heterocycles. The second-order valence-corrected chi connectivity index (χ2v) is 7.60. The van der Waals surface area contributed by atoms with E-state index >= 15 is 0 Å². The van der Waals surface area contributed by atoms with Crippen LogP contribution in [0, 0.1) is 6.92 Å². The number of likely N-dealkylation sites (tertiary alicyclic amines) is 1. The number of aryl methyl sites for hydroxylation is 2. The molecule has 1 aromatic carbocycles. The SMILES string of the molecule is CCn1nccc1C(=O)N1CCC2(CC1)C(OC)CN2c1ccc(C)cc1. The van der Waals surface area contributed by atoms with E-state index in [2.05, 4.69) is 41.2 Å². The third kappa shape index (κ3) is 2.92. The first-order chi connectivity index (χ1) is 13.1. The first-order valence-corrected chi connectivity index (χ1v) is 9.77. The summed E-state index contributed by atoms with van der Waals surface area (Å²) >= 11 is 0. The maximum atomic E-state index is 12.9. The Kier molecular flexibility index (Phi) is 4.68. The van der Waals surface area contributed by atoms with Crippen molar-refractivity contribution < 1.29 is 9.53 Å². The van der Waals surface area contributed by atoms with Crippen molar-refractivity contribution >= 4 is 11.6 Å². The van der Waals surface area contributed by atoms with E-state index < -0.39 is 0 Å². The molecule has 1 amide bonds. The third-order valence-corrected chi connectivity index (χ3v) is 6.27. The topological polar surface area (TPSA) is 50.6 Å². The van der Waals surface area contributed by atoms with Crippen LogP contribution in [0.5, 0.6) is 0 Å². The molecule has 2 saturated heterocycles. The Labute approximate surface area is 160 Å². The molecule has 2 aliphatic heterocycles. The molecule has 1 unspecified atom stereocenters. The van der Waals surface area contributed by atoms with Crippen LogP contribution in [0.1, 0.15) is 35.8 Å². The highest BCUT2D eigenvalue weighted by molar-refractivity contribution is 5.92. The van der Waals surface area contributed by atoms with Gasteiger partial charge in [0.15, 0.2) is 0 Å². The lowest BCUT2D eigenvalue weighted by atomic mass is 9.73. The van der Waals surface area contributed by atoms with Crippen molar-refractivity contribution in [1.82, 2.24) is 14.7 Å². The zero-order valence-corrected chi connectivity index (χ0v) is 16.4. The van der Waals surface area contributed by atoms with Gasteiger partial charge in [-0.3, -0.25) is 9.48 Å². The van der Waals surface area contributed by atoms with Gasteiger partial charge in [0.25, 0.3) is 5.91 Å². The highest BCUT2D eigenvalue weighted by Crippen LogP contribution is 2.44. The van der Waals surface area contributed by atoms with Crippen molar-refractivity contribution in [1.29, 1.82) is 0 Å². The molecule has 0 radical (unpaired) electrons. The molecule has 3 heterocycles. The van der Waals surface area contributed by atoms with Crippen molar-refractivity contribution in [3.8, 4) is 0 Å². The molecule has 144 valence electrons. The Bertz CT molecular complexity index is 806. The minimum absolute atomic E-state index is 0.00815. The molecule has 1 spiro atoms. The fraction of sp³-hybridized carbons (Fsp3) is 0.524. The predicted molar refractivity (Wildman–Crippen MR) is 105 cm³/mol. The standard InChI is InChI=1S/C21H28N4O2/c1-4-25-18(9-12-22-25)20(26)23-13-10-21(11-14-23)19(27-3)15-24(21)17-7-5-16(2)6-8-17/h5-9,12,19H,4,10-11,13-15H2,1-3H3. The van der Waals surface area contributed by atoms with Gasteiger partial charge in [-0.2, -0.15) is 5.10 Å². The van der Waals surface area contributed by atoms with Gasteiger partial charge in [-0.05, 0) is 44.9 Å². The van der Waals surface area contributed by atoms with E-state index in [9.17, 15) is 4.79 Å². The highest BCUT2D eigenvalue weighted by Gasteiger charge is 2.55. The number of rotatable bonds is 4. The summed E-state index contributed by atoms with van der Waals surface area (Å²) in [6.45, 7) is 7.23. The number of aromatic nitrogens is 2. The van der Waals surface area contributed by atoms with E-state index in [1.54, 1.807) is 18.0 Å². The Morgan fingerprint density at radius 3 is 2.56 bits per heavy atom. The summed E-state index contributed by atoms with van der Waals surface area (Å²) in [4.78, 5) is 17.4. The number of hydrogen-bond acceptors (Lipinski definition) is 4. The van der Waals surface area contributed by atoms with Crippen LogP contribution in [0.25, 0.3) is 0 Å². The van der Waals surface area contributed by atoms with E-state index in [4.69, 9.17) is 4.74 Å². The smallest absolute Gasteiger partial charge is 0.272 e. The molecular formula is C21H28N4O2. The molecule has 27 heavy (non-hydrogen) atoms. The summed E-state index contributed by atoms with van der Waals surface area (Å²) in [6.07, 6.45) is 3.77.